The molecule has 0 aliphatic heterocycles. The minimum absolute atomic E-state index is 0.122. The summed E-state index contributed by atoms with van der Waals surface area (Å²) in [5.74, 6) is -0.241. The molecule has 1 saturated carbocycles. The van der Waals surface area contributed by atoms with Crippen LogP contribution in [-0.4, -0.2) is 31.6 Å². The summed E-state index contributed by atoms with van der Waals surface area (Å²) in [5.41, 5.74) is 1.66. The number of methoxy groups -OCH3 is 1. The Morgan fingerprint density at radius 3 is 2.48 bits per heavy atom. The molecule has 118 valence electrons. The third kappa shape index (κ3) is 3.52. The summed E-state index contributed by atoms with van der Waals surface area (Å²) in [6.45, 7) is 4.53. The highest BCUT2D eigenvalue weighted by atomic mass is 19.4. The summed E-state index contributed by atoms with van der Waals surface area (Å²) in [6, 6.07) is 0. The van der Waals surface area contributed by atoms with Gasteiger partial charge in [-0.25, -0.2) is 0 Å². The second-order valence-electron chi connectivity index (χ2n) is 5.59. The van der Waals surface area contributed by atoms with Gasteiger partial charge in [-0.2, -0.15) is 13.2 Å². The Morgan fingerprint density at radius 2 is 2.10 bits per heavy atom. The largest absolute Gasteiger partial charge is 0.396 e. The van der Waals surface area contributed by atoms with E-state index >= 15 is 0 Å². The maximum Gasteiger partial charge on any atom is 0.391 e. The highest BCUT2D eigenvalue weighted by molar-refractivity contribution is 5.23. The first-order valence-electron chi connectivity index (χ1n) is 6.79. The van der Waals surface area contributed by atoms with Crippen molar-refractivity contribution in [3.8, 4) is 12.3 Å². The zero-order valence-corrected chi connectivity index (χ0v) is 12.3. The Balaban J connectivity index is 3.12. The van der Waals surface area contributed by atoms with Crippen LogP contribution in [0.4, 0.5) is 13.2 Å². The molecule has 0 radical (unpaired) electrons. The molecule has 0 saturated heterocycles. The van der Waals surface area contributed by atoms with Crippen LogP contribution in [0.3, 0.4) is 0 Å². The maximum absolute atomic E-state index is 13.0. The minimum Gasteiger partial charge on any atom is -0.396 e. The fraction of sp³-hybridized carbons (Fsp3) is 0.688. The Bertz CT molecular complexity index is 437. The normalized spacial score (nSPS) is 28.9. The summed E-state index contributed by atoms with van der Waals surface area (Å²) in [7, 11) is 1.45. The van der Waals surface area contributed by atoms with E-state index in [1.54, 1.807) is 6.08 Å². The van der Waals surface area contributed by atoms with Gasteiger partial charge in [0, 0.05) is 13.7 Å². The van der Waals surface area contributed by atoms with Crippen molar-refractivity contribution in [3.05, 3.63) is 18.4 Å². The van der Waals surface area contributed by atoms with Gasteiger partial charge in [0.15, 0.2) is 0 Å². The molecule has 1 fully saturated rings. The fourth-order valence-electron chi connectivity index (χ4n) is 3.31. The van der Waals surface area contributed by atoms with Crippen molar-refractivity contribution in [2.24, 2.45) is 29.1 Å². The number of halogens is 3. The molecule has 0 aromatic carbocycles. The summed E-state index contributed by atoms with van der Waals surface area (Å²) in [5, 5.41) is 9.23. The third-order valence-corrected chi connectivity index (χ3v) is 4.42. The van der Waals surface area contributed by atoms with Gasteiger partial charge in [0.2, 0.25) is 0 Å². The summed E-state index contributed by atoms with van der Waals surface area (Å²) in [4.78, 5) is 0. The molecule has 1 aliphatic carbocycles. The van der Waals surface area contributed by atoms with Gasteiger partial charge >= 0.3 is 6.18 Å². The Morgan fingerprint density at radius 1 is 1.48 bits per heavy atom. The molecule has 5 heteroatoms. The van der Waals surface area contributed by atoms with Gasteiger partial charge in [-0.3, -0.25) is 0 Å². The molecule has 2 nitrogen and oxygen atoms in total. The lowest BCUT2D eigenvalue weighted by Gasteiger charge is -2.29. The fourth-order valence-corrected chi connectivity index (χ4v) is 3.31. The van der Waals surface area contributed by atoms with E-state index in [9.17, 15) is 18.3 Å². The molecule has 21 heavy (non-hydrogen) atoms. The standard InChI is InChI=1S/C16H21F3O2/c1-5-7-12-13(11(3)16(17,18)19)14(12)15(6-2,8-9-20)10-21-4/h2,7,11-14,20H,1,8-10H2,3-4H3. The van der Waals surface area contributed by atoms with E-state index in [2.05, 4.69) is 18.2 Å². The molecule has 1 aliphatic rings. The lowest BCUT2D eigenvalue weighted by molar-refractivity contribution is -0.177. The molecule has 5 unspecified atom stereocenters. The van der Waals surface area contributed by atoms with E-state index in [-0.39, 0.29) is 31.5 Å². The number of hydrogen-bond donors (Lipinski definition) is 1. The maximum atomic E-state index is 13.0. The van der Waals surface area contributed by atoms with Crippen molar-refractivity contribution in [3.63, 3.8) is 0 Å². The number of allylic oxidation sites excluding steroid dienone is 1. The van der Waals surface area contributed by atoms with E-state index in [0.717, 1.165) is 0 Å². The lowest BCUT2D eigenvalue weighted by atomic mass is 9.78. The third-order valence-electron chi connectivity index (χ3n) is 4.42. The number of aliphatic hydroxyl groups is 1. The Labute approximate surface area is 123 Å². The predicted octanol–water partition coefficient (Wildman–Crippen LogP) is 3.04. The van der Waals surface area contributed by atoms with Crippen molar-refractivity contribution < 1.29 is 23.0 Å². The van der Waals surface area contributed by atoms with Crippen LogP contribution < -0.4 is 0 Å². The van der Waals surface area contributed by atoms with Gasteiger partial charge in [0.1, 0.15) is 0 Å². The van der Waals surface area contributed by atoms with Crippen molar-refractivity contribution in [2.45, 2.75) is 19.5 Å². The highest BCUT2D eigenvalue weighted by Gasteiger charge is 2.64. The first-order valence-corrected chi connectivity index (χ1v) is 6.79. The van der Waals surface area contributed by atoms with Crippen molar-refractivity contribution in [2.75, 3.05) is 20.3 Å². The molecule has 0 heterocycles. The van der Waals surface area contributed by atoms with Gasteiger partial charge in [-0.15, -0.1) is 12.2 Å². The first-order chi connectivity index (χ1) is 9.79. The molecular weight excluding hydrogens is 281 g/mol. The number of alkyl halides is 3. The molecule has 1 rings (SSSR count). The molecule has 0 aromatic rings. The van der Waals surface area contributed by atoms with Crippen LogP contribution in [0.2, 0.25) is 0 Å². The van der Waals surface area contributed by atoms with Crippen molar-refractivity contribution >= 4 is 0 Å². The number of terminal acetylenes is 1. The van der Waals surface area contributed by atoms with Crippen LogP contribution in [0, 0.1) is 41.4 Å². The monoisotopic (exact) mass is 302 g/mol. The molecule has 0 aromatic heterocycles. The second-order valence-corrected chi connectivity index (χ2v) is 5.59. The van der Waals surface area contributed by atoms with Gasteiger partial charge in [-0.05, 0) is 30.3 Å². The number of aliphatic hydroxyl groups excluding tert-OH is 1. The van der Waals surface area contributed by atoms with Gasteiger partial charge in [-0.1, -0.05) is 19.4 Å². The summed E-state index contributed by atoms with van der Waals surface area (Å²) in [6.07, 6.45) is 3.07. The molecule has 5 atom stereocenters. The van der Waals surface area contributed by atoms with Gasteiger partial charge in [0.25, 0.3) is 0 Å². The minimum atomic E-state index is -4.28. The van der Waals surface area contributed by atoms with Gasteiger partial charge < -0.3 is 9.84 Å². The second kappa shape index (κ2) is 6.70. The average Bonchev–Trinajstić information content (AvgIpc) is 3.11. The van der Waals surface area contributed by atoms with E-state index in [0.29, 0.717) is 0 Å². The van der Waals surface area contributed by atoms with Crippen molar-refractivity contribution in [1.29, 1.82) is 0 Å². The summed E-state index contributed by atoms with van der Waals surface area (Å²) >= 11 is 0. The van der Waals surface area contributed by atoms with Crippen LogP contribution in [0.1, 0.15) is 13.3 Å². The van der Waals surface area contributed by atoms with Gasteiger partial charge in [0.05, 0.1) is 17.9 Å². The van der Waals surface area contributed by atoms with E-state index in [1.165, 1.54) is 14.0 Å². The Kier molecular flexibility index (Phi) is 5.69. The van der Waals surface area contributed by atoms with E-state index in [4.69, 9.17) is 11.2 Å². The number of hydrogen-bond acceptors (Lipinski definition) is 2. The number of rotatable bonds is 7. The Hall–Kier alpha value is -1.21. The predicted molar refractivity (Wildman–Crippen MR) is 74.2 cm³/mol. The summed E-state index contributed by atoms with van der Waals surface area (Å²) < 4.78 is 44.1. The number of ether oxygens (including phenoxy) is 1. The topological polar surface area (TPSA) is 29.5 Å². The van der Waals surface area contributed by atoms with E-state index < -0.39 is 23.4 Å². The zero-order valence-electron chi connectivity index (χ0n) is 12.3. The zero-order chi connectivity index (χ0) is 16.3. The smallest absolute Gasteiger partial charge is 0.391 e. The van der Waals surface area contributed by atoms with Crippen LogP contribution in [0.5, 0.6) is 0 Å². The van der Waals surface area contributed by atoms with Crippen LogP contribution in [-0.2, 0) is 4.74 Å². The SMILES string of the molecule is C#CC(CCO)(COC)C1C(C=C=C)C1C(C)C(F)(F)F. The highest BCUT2D eigenvalue weighted by Crippen LogP contribution is 2.63. The quantitative estimate of drug-likeness (QED) is 0.578. The molecular formula is C16H21F3O2. The first kappa shape index (κ1) is 17.8. The van der Waals surface area contributed by atoms with Crippen LogP contribution in [0.25, 0.3) is 0 Å². The molecule has 1 N–H and O–H groups in total. The van der Waals surface area contributed by atoms with Crippen LogP contribution >= 0.6 is 0 Å². The van der Waals surface area contributed by atoms with Crippen molar-refractivity contribution in [1.82, 2.24) is 0 Å². The van der Waals surface area contributed by atoms with Crippen LogP contribution in [0.15, 0.2) is 18.4 Å². The molecule has 0 spiro atoms. The molecule has 0 amide bonds. The lowest BCUT2D eigenvalue weighted by Crippen LogP contribution is -2.32. The average molecular weight is 302 g/mol. The molecule has 0 bridgehead atoms. The van der Waals surface area contributed by atoms with E-state index in [1.807, 2.05) is 0 Å².